The van der Waals surface area contributed by atoms with Crippen molar-refractivity contribution in [1.29, 1.82) is 0 Å². The number of hydrogen-bond donors (Lipinski definition) is 2. The molecule has 0 radical (unpaired) electrons. The van der Waals surface area contributed by atoms with Crippen LogP contribution in [0.1, 0.15) is 30.4 Å². The van der Waals surface area contributed by atoms with Crippen LogP contribution in [-0.2, 0) is 21.5 Å². The van der Waals surface area contributed by atoms with Crippen LogP contribution in [0.2, 0.25) is 0 Å². The summed E-state index contributed by atoms with van der Waals surface area (Å²) >= 11 is 0. The van der Waals surface area contributed by atoms with Crippen LogP contribution >= 0.6 is 0 Å². The van der Waals surface area contributed by atoms with E-state index in [4.69, 9.17) is 9.47 Å². The lowest BCUT2D eigenvalue weighted by atomic mass is 9.76. The molecule has 2 aromatic carbocycles. The Labute approximate surface area is 179 Å². The molecule has 0 unspecified atom stereocenters. The summed E-state index contributed by atoms with van der Waals surface area (Å²) in [4.78, 5) is 39.6. The Balaban J connectivity index is 1.32. The first-order chi connectivity index (χ1) is 15.1. The summed E-state index contributed by atoms with van der Waals surface area (Å²) < 4.78 is 11.2. The van der Waals surface area contributed by atoms with Crippen LogP contribution in [0.25, 0.3) is 0 Å². The van der Waals surface area contributed by atoms with Gasteiger partial charge in [0.2, 0.25) is 5.91 Å². The maximum atomic E-state index is 13.3. The molecule has 8 nitrogen and oxygen atoms in total. The molecule has 0 saturated carbocycles. The predicted molar refractivity (Wildman–Crippen MR) is 112 cm³/mol. The van der Waals surface area contributed by atoms with E-state index in [1.54, 1.807) is 18.2 Å². The zero-order valence-electron chi connectivity index (χ0n) is 17.0. The molecule has 0 bridgehead atoms. The van der Waals surface area contributed by atoms with Crippen molar-refractivity contribution in [3.63, 3.8) is 0 Å². The zero-order chi connectivity index (χ0) is 21.4. The fourth-order valence-electron chi connectivity index (χ4n) is 4.54. The standard InChI is InChI=1S/C23H23N3O5/c27-20(24-16-8-9-18-19(13-16)31-12-4-11-30-18)14-26-21(28)23(25-22(26)29)10-3-6-15-5-1-2-7-17(15)23/h1-2,5,7-9,13H,3-4,6,10-12,14H2,(H,24,27)(H,25,29)/t23-/m0/s1. The fourth-order valence-corrected chi connectivity index (χ4v) is 4.54. The Kier molecular flexibility index (Phi) is 4.77. The first-order valence-electron chi connectivity index (χ1n) is 10.5. The molecule has 2 heterocycles. The number of carbonyl (C=O) groups is 3. The van der Waals surface area contributed by atoms with Gasteiger partial charge in [-0.15, -0.1) is 0 Å². The minimum absolute atomic E-state index is 0.358. The molecule has 8 heteroatoms. The lowest BCUT2D eigenvalue weighted by molar-refractivity contribution is -0.134. The van der Waals surface area contributed by atoms with Gasteiger partial charge in [0.1, 0.15) is 12.1 Å². The largest absolute Gasteiger partial charge is 0.490 e. The summed E-state index contributed by atoms with van der Waals surface area (Å²) in [5.74, 6) is 0.350. The molecule has 1 fully saturated rings. The normalized spacial score (nSPS) is 22.0. The van der Waals surface area contributed by atoms with Gasteiger partial charge in [-0.3, -0.25) is 14.5 Å². The monoisotopic (exact) mass is 421 g/mol. The Morgan fingerprint density at radius 2 is 1.87 bits per heavy atom. The molecule has 1 atom stereocenters. The zero-order valence-corrected chi connectivity index (χ0v) is 17.0. The van der Waals surface area contributed by atoms with Gasteiger partial charge in [0.15, 0.2) is 11.5 Å². The van der Waals surface area contributed by atoms with Crippen LogP contribution in [0.3, 0.4) is 0 Å². The van der Waals surface area contributed by atoms with Crippen LogP contribution in [0.5, 0.6) is 11.5 Å². The van der Waals surface area contributed by atoms with Crippen LogP contribution < -0.4 is 20.1 Å². The topological polar surface area (TPSA) is 97.0 Å². The van der Waals surface area contributed by atoms with E-state index in [0.717, 1.165) is 35.3 Å². The maximum Gasteiger partial charge on any atom is 0.325 e. The molecule has 2 N–H and O–H groups in total. The maximum absolute atomic E-state index is 13.3. The predicted octanol–water partition coefficient (Wildman–Crippen LogP) is 2.57. The third kappa shape index (κ3) is 3.37. The van der Waals surface area contributed by atoms with Crippen molar-refractivity contribution in [1.82, 2.24) is 10.2 Å². The molecular formula is C23H23N3O5. The average molecular weight is 421 g/mol. The van der Waals surface area contributed by atoms with Crippen molar-refractivity contribution in [2.45, 2.75) is 31.2 Å². The smallest absolute Gasteiger partial charge is 0.325 e. The molecule has 3 aliphatic rings. The van der Waals surface area contributed by atoms with Crippen molar-refractivity contribution in [3.8, 4) is 11.5 Å². The van der Waals surface area contributed by atoms with Gasteiger partial charge in [-0.1, -0.05) is 24.3 Å². The van der Waals surface area contributed by atoms with E-state index in [2.05, 4.69) is 10.6 Å². The van der Waals surface area contributed by atoms with Crippen molar-refractivity contribution in [2.75, 3.05) is 25.1 Å². The first-order valence-corrected chi connectivity index (χ1v) is 10.5. The number of carbonyl (C=O) groups excluding carboxylic acids is 3. The number of anilines is 1. The van der Waals surface area contributed by atoms with Crippen LogP contribution in [0.15, 0.2) is 42.5 Å². The lowest BCUT2D eigenvalue weighted by Crippen LogP contribution is -2.47. The number of nitrogens with one attached hydrogen (secondary N) is 2. The number of hydrogen-bond acceptors (Lipinski definition) is 5. The number of amides is 4. The molecule has 2 aromatic rings. The van der Waals surface area contributed by atoms with E-state index in [0.29, 0.717) is 36.8 Å². The number of aryl methyl sites for hydroxylation is 1. The third-order valence-electron chi connectivity index (χ3n) is 5.98. The van der Waals surface area contributed by atoms with Gasteiger partial charge in [0, 0.05) is 18.2 Å². The molecule has 1 aliphatic carbocycles. The first kappa shape index (κ1) is 19.4. The van der Waals surface area contributed by atoms with E-state index in [1.807, 2.05) is 24.3 Å². The van der Waals surface area contributed by atoms with E-state index in [9.17, 15) is 14.4 Å². The van der Waals surface area contributed by atoms with Gasteiger partial charge in [0.05, 0.1) is 13.2 Å². The highest BCUT2D eigenvalue weighted by atomic mass is 16.5. The average Bonchev–Trinajstić information content (AvgIpc) is 2.93. The van der Waals surface area contributed by atoms with E-state index >= 15 is 0 Å². The number of fused-ring (bicyclic) bond motifs is 3. The molecule has 160 valence electrons. The Bertz CT molecular complexity index is 1070. The summed E-state index contributed by atoms with van der Waals surface area (Å²) in [5.41, 5.74) is 1.31. The van der Waals surface area contributed by atoms with Gasteiger partial charge in [-0.2, -0.15) is 0 Å². The number of ether oxygens (including phenoxy) is 2. The summed E-state index contributed by atoms with van der Waals surface area (Å²) in [6, 6.07) is 12.2. The summed E-state index contributed by atoms with van der Waals surface area (Å²) in [6.45, 7) is 0.759. The minimum Gasteiger partial charge on any atom is -0.490 e. The Hall–Kier alpha value is -3.55. The SMILES string of the molecule is O=C(CN1C(=O)N[C@]2(CCCc3ccccc32)C1=O)Nc1ccc2c(c1)OCCCO2. The van der Waals surface area contributed by atoms with Crippen LogP contribution in [0.4, 0.5) is 10.5 Å². The fraction of sp³-hybridized carbons (Fsp3) is 0.348. The van der Waals surface area contributed by atoms with Crippen molar-refractivity contribution in [2.24, 2.45) is 0 Å². The van der Waals surface area contributed by atoms with Gasteiger partial charge in [-0.25, -0.2) is 4.79 Å². The summed E-state index contributed by atoms with van der Waals surface area (Å²) in [7, 11) is 0. The van der Waals surface area contributed by atoms with Crippen molar-refractivity contribution < 1.29 is 23.9 Å². The van der Waals surface area contributed by atoms with Crippen molar-refractivity contribution >= 4 is 23.5 Å². The van der Waals surface area contributed by atoms with E-state index < -0.39 is 17.5 Å². The van der Waals surface area contributed by atoms with E-state index in [-0.39, 0.29) is 12.5 Å². The van der Waals surface area contributed by atoms with Crippen molar-refractivity contribution in [3.05, 3.63) is 53.6 Å². The molecule has 5 rings (SSSR count). The van der Waals surface area contributed by atoms with Crippen LogP contribution in [0, 0.1) is 0 Å². The summed E-state index contributed by atoms with van der Waals surface area (Å²) in [5, 5.41) is 5.61. The van der Waals surface area contributed by atoms with Gasteiger partial charge >= 0.3 is 6.03 Å². The third-order valence-corrected chi connectivity index (χ3v) is 5.98. The van der Waals surface area contributed by atoms with E-state index in [1.165, 1.54) is 0 Å². The highest BCUT2D eigenvalue weighted by Gasteiger charge is 2.54. The summed E-state index contributed by atoms with van der Waals surface area (Å²) in [6.07, 6.45) is 2.97. The van der Waals surface area contributed by atoms with Gasteiger partial charge in [0.25, 0.3) is 5.91 Å². The number of benzene rings is 2. The quantitative estimate of drug-likeness (QED) is 0.743. The molecule has 4 amide bonds. The molecule has 0 aromatic heterocycles. The number of nitrogens with zero attached hydrogens (tertiary/aromatic N) is 1. The highest BCUT2D eigenvalue weighted by molar-refractivity contribution is 6.10. The van der Waals surface area contributed by atoms with Gasteiger partial charge in [-0.05, 0) is 42.5 Å². The Morgan fingerprint density at radius 3 is 2.74 bits per heavy atom. The molecular weight excluding hydrogens is 398 g/mol. The second kappa shape index (κ2) is 7.61. The lowest BCUT2D eigenvalue weighted by Gasteiger charge is -2.33. The second-order valence-electron chi connectivity index (χ2n) is 8.00. The molecule has 1 spiro atoms. The highest BCUT2D eigenvalue weighted by Crippen LogP contribution is 2.40. The number of rotatable bonds is 3. The van der Waals surface area contributed by atoms with Crippen LogP contribution in [-0.4, -0.2) is 42.5 Å². The Morgan fingerprint density at radius 1 is 1.06 bits per heavy atom. The molecule has 2 aliphatic heterocycles. The second-order valence-corrected chi connectivity index (χ2v) is 8.00. The van der Waals surface area contributed by atoms with Gasteiger partial charge < -0.3 is 20.1 Å². The number of imide groups is 1. The number of urea groups is 1. The molecule has 31 heavy (non-hydrogen) atoms. The molecule has 1 saturated heterocycles. The minimum atomic E-state index is -1.08.